The molecule has 2 aromatic heterocycles. The van der Waals surface area contributed by atoms with E-state index in [2.05, 4.69) is 10.2 Å². The Morgan fingerprint density at radius 2 is 2.14 bits per heavy atom. The van der Waals surface area contributed by atoms with Crippen LogP contribution >= 0.6 is 11.3 Å². The summed E-state index contributed by atoms with van der Waals surface area (Å²) >= 11 is 1.50. The highest BCUT2D eigenvalue weighted by Gasteiger charge is 2.37. The fourth-order valence-corrected chi connectivity index (χ4v) is 4.72. The van der Waals surface area contributed by atoms with E-state index >= 15 is 0 Å². The first-order chi connectivity index (χ1) is 9.78. The third-order valence-corrected chi connectivity index (χ3v) is 5.93. The van der Waals surface area contributed by atoms with E-state index in [-0.39, 0.29) is 17.0 Å². The molecule has 0 atom stereocenters. The fraction of sp³-hybridized carbons (Fsp3) is 0.538. The van der Waals surface area contributed by atoms with Gasteiger partial charge in [-0.25, -0.2) is 8.42 Å². The Hall–Kier alpha value is -1.25. The average Bonchev–Trinajstić information content (AvgIpc) is 2.89. The standard InChI is InChI=1S/C13H17N3O3S2/c1-13(2,17)8-21(18,19)12-15-14-11(10-4-3-7-20-10)16(12)9-5-6-9/h3-4,7,9,17H,5-6,8H2,1-2H3. The number of hydrogen-bond acceptors (Lipinski definition) is 6. The molecule has 0 unspecified atom stereocenters. The van der Waals surface area contributed by atoms with Gasteiger partial charge in [-0.15, -0.1) is 21.5 Å². The van der Waals surface area contributed by atoms with Gasteiger partial charge in [0.25, 0.3) is 0 Å². The molecule has 114 valence electrons. The van der Waals surface area contributed by atoms with E-state index < -0.39 is 15.4 Å². The number of aromatic nitrogens is 3. The van der Waals surface area contributed by atoms with Crippen molar-refractivity contribution in [1.29, 1.82) is 0 Å². The highest BCUT2D eigenvalue weighted by Crippen LogP contribution is 2.41. The largest absolute Gasteiger partial charge is 0.389 e. The van der Waals surface area contributed by atoms with Gasteiger partial charge in [0.1, 0.15) is 0 Å². The number of nitrogens with zero attached hydrogens (tertiary/aromatic N) is 3. The number of sulfone groups is 1. The van der Waals surface area contributed by atoms with Crippen LogP contribution in [-0.4, -0.2) is 39.6 Å². The molecule has 3 rings (SSSR count). The number of rotatable bonds is 5. The summed E-state index contributed by atoms with van der Waals surface area (Å²) in [5.41, 5.74) is -1.30. The predicted octanol–water partition coefficient (Wildman–Crippen LogP) is 1.89. The molecule has 0 saturated heterocycles. The summed E-state index contributed by atoms with van der Waals surface area (Å²) in [6, 6.07) is 3.94. The molecule has 2 aromatic rings. The Bertz CT molecular complexity index is 738. The highest BCUT2D eigenvalue weighted by molar-refractivity contribution is 7.91. The summed E-state index contributed by atoms with van der Waals surface area (Å²) in [6.07, 6.45) is 1.86. The van der Waals surface area contributed by atoms with Gasteiger partial charge in [0.15, 0.2) is 5.82 Å². The zero-order valence-corrected chi connectivity index (χ0v) is 13.5. The topological polar surface area (TPSA) is 85.1 Å². The van der Waals surface area contributed by atoms with Crippen molar-refractivity contribution in [2.75, 3.05) is 5.75 Å². The lowest BCUT2D eigenvalue weighted by molar-refractivity contribution is 0.105. The predicted molar refractivity (Wildman–Crippen MR) is 80.0 cm³/mol. The molecule has 0 amide bonds. The molecule has 1 saturated carbocycles. The van der Waals surface area contributed by atoms with Crippen LogP contribution in [0.1, 0.15) is 32.7 Å². The van der Waals surface area contributed by atoms with Crippen molar-refractivity contribution < 1.29 is 13.5 Å². The fourth-order valence-electron chi connectivity index (χ4n) is 2.25. The maximum Gasteiger partial charge on any atom is 0.250 e. The molecule has 1 aliphatic rings. The molecule has 0 aliphatic heterocycles. The number of aliphatic hydroxyl groups is 1. The smallest absolute Gasteiger partial charge is 0.250 e. The van der Waals surface area contributed by atoms with Crippen LogP contribution in [0.4, 0.5) is 0 Å². The Kier molecular flexibility index (Phi) is 3.42. The Morgan fingerprint density at radius 1 is 1.43 bits per heavy atom. The van der Waals surface area contributed by atoms with E-state index in [1.54, 1.807) is 4.57 Å². The van der Waals surface area contributed by atoms with Gasteiger partial charge in [-0.2, -0.15) is 0 Å². The minimum atomic E-state index is -3.68. The first kappa shape index (κ1) is 14.7. The van der Waals surface area contributed by atoms with E-state index in [1.807, 2.05) is 17.5 Å². The van der Waals surface area contributed by atoms with Gasteiger partial charge < -0.3 is 5.11 Å². The van der Waals surface area contributed by atoms with Crippen molar-refractivity contribution in [2.45, 2.75) is 43.5 Å². The van der Waals surface area contributed by atoms with Crippen LogP contribution in [0.15, 0.2) is 22.7 Å². The average molecular weight is 327 g/mol. The molecule has 1 aliphatic carbocycles. The van der Waals surface area contributed by atoms with Crippen LogP contribution in [0.25, 0.3) is 10.7 Å². The molecular formula is C13H17N3O3S2. The normalized spacial score (nSPS) is 16.3. The first-order valence-corrected chi connectivity index (χ1v) is 9.25. The van der Waals surface area contributed by atoms with Crippen LogP contribution in [-0.2, 0) is 9.84 Å². The molecule has 0 spiro atoms. The Balaban J connectivity index is 2.08. The quantitative estimate of drug-likeness (QED) is 0.906. The van der Waals surface area contributed by atoms with Crippen LogP contribution in [0, 0.1) is 0 Å². The summed E-state index contributed by atoms with van der Waals surface area (Å²) in [7, 11) is -3.68. The molecule has 0 aromatic carbocycles. The summed E-state index contributed by atoms with van der Waals surface area (Å²) in [4.78, 5) is 0.902. The van der Waals surface area contributed by atoms with Crippen molar-refractivity contribution >= 4 is 21.2 Å². The van der Waals surface area contributed by atoms with Gasteiger partial charge in [-0.1, -0.05) is 6.07 Å². The zero-order valence-electron chi connectivity index (χ0n) is 11.9. The summed E-state index contributed by atoms with van der Waals surface area (Å²) < 4.78 is 26.7. The van der Waals surface area contributed by atoms with E-state index in [9.17, 15) is 13.5 Å². The van der Waals surface area contributed by atoms with Crippen LogP contribution in [0.3, 0.4) is 0 Å². The van der Waals surface area contributed by atoms with Gasteiger partial charge in [0.2, 0.25) is 15.0 Å². The van der Waals surface area contributed by atoms with Crippen LogP contribution in [0.5, 0.6) is 0 Å². The van der Waals surface area contributed by atoms with E-state index in [0.29, 0.717) is 5.82 Å². The molecule has 0 radical (unpaired) electrons. The van der Waals surface area contributed by atoms with Crippen molar-refractivity contribution in [2.24, 2.45) is 0 Å². The number of thiophene rings is 1. The second-order valence-electron chi connectivity index (χ2n) is 5.96. The molecule has 2 heterocycles. The zero-order chi connectivity index (χ0) is 15.3. The second-order valence-corrected chi connectivity index (χ2v) is 8.79. The van der Waals surface area contributed by atoms with Gasteiger partial charge in [0, 0.05) is 6.04 Å². The number of hydrogen-bond donors (Lipinski definition) is 1. The van der Waals surface area contributed by atoms with Gasteiger partial charge in [-0.3, -0.25) is 4.57 Å². The first-order valence-electron chi connectivity index (χ1n) is 6.72. The lowest BCUT2D eigenvalue weighted by atomic mass is 10.2. The summed E-state index contributed by atoms with van der Waals surface area (Å²) in [6.45, 7) is 2.95. The molecule has 1 fully saturated rings. The van der Waals surface area contributed by atoms with Crippen molar-refractivity contribution in [3.63, 3.8) is 0 Å². The van der Waals surface area contributed by atoms with Crippen LogP contribution < -0.4 is 0 Å². The monoisotopic (exact) mass is 327 g/mol. The van der Waals surface area contributed by atoms with E-state index in [1.165, 1.54) is 25.2 Å². The van der Waals surface area contributed by atoms with Gasteiger partial charge >= 0.3 is 0 Å². The minimum absolute atomic E-state index is 0.0319. The van der Waals surface area contributed by atoms with Crippen LogP contribution in [0.2, 0.25) is 0 Å². The third-order valence-electron chi connectivity index (χ3n) is 3.14. The maximum atomic E-state index is 12.5. The lowest BCUT2D eigenvalue weighted by Gasteiger charge is -2.17. The Morgan fingerprint density at radius 3 is 2.67 bits per heavy atom. The van der Waals surface area contributed by atoms with Crippen molar-refractivity contribution in [3.05, 3.63) is 17.5 Å². The van der Waals surface area contributed by atoms with Crippen molar-refractivity contribution in [1.82, 2.24) is 14.8 Å². The third kappa shape index (κ3) is 3.02. The van der Waals surface area contributed by atoms with Crippen molar-refractivity contribution in [3.8, 4) is 10.7 Å². The molecular weight excluding hydrogens is 310 g/mol. The SMILES string of the molecule is CC(C)(O)CS(=O)(=O)c1nnc(-c2cccs2)n1C1CC1. The minimum Gasteiger partial charge on any atom is -0.389 e. The summed E-state index contributed by atoms with van der Waals surface area (Å²) in [5, 5.41) is 19.7. The van der Waals surface area contributed by atoms with Gasteiger partial charge in [-0.05, 0) is 38.1 Å². The summed E-state index contributed by atoms with van der Waals surface area (Å²) in [5.74, 6) is 0.233. The molecule has 21 heavy (non-hydrogen) atoms. The Labute approximate surface area is 127 Å². The van der Waals surface area contributed by atoms with E-state index in [0.717, 1.165) is 17.7 Å². The second kappa shape index (κ2) is 4.89. The van der Waals surface area contributed by atoms with E-state index in [4.69, 9.17) is 0 Å². The maximum absolute atomic E-state index is 12.5. The molecule has 0 bridgehead atoms. The van der Waals surface area contributed by atoms with Gasteiger partial charge in [0.05, 0.1) is 16.2 Å². The lowest BCUT2D eigenvalue weighted by Crippen LogP contribution is -2.31. The molecule has 6 nitrogen and oxygen atoms in total. The molecule has 8 heteroatoms. The molecule has 1 N–H and O–H groups in total. The highest BCUT2D eigenvalue weighted by atomic mass is 32.2.